The van der Waals surface area contributed by atoms with Crippen LogP contribution in [0.4, 0.5) is 29.7 Å². The molecule has 1 unspecified atom stereocenters. The molecule has 13 heteroatoms. The molecule has 2 fully saturated rings. The number of pyridine rings is 1. The summed E-state index contributed by atoms with van der Waals surface area (Å²) in [4.78, 5) is 27.3. The summed E-state index contributed by atoms with van der Waals surface area (Å²) in [5.41, 5.74) is 4.83. The molecule has 0 bridgehead atoms. The Hall–Kier alpha value is -4.13. The highest BCUT2D eigenvalue weighted by molar-refractivity contribution is 5.83. The van der Waals surface area contributed by atoms with Crippen molar-refractivity contribution >= 4 is 28.9 Å². The van der Waals surface area contributed by atoms with E-state index in [9.17, 15) is 18.0 Å². The van der Waals surface area contributed by atoms with Gasteiger partial charge in [-0.25, -0.2) is 14.8 Å². The first kappa shape index (κ1) is 28.0. The monoisotopic (exact) mass is 582 g/mol. The number of nitrogens with zero attached hydrogens (tertiary/aromatic N) is 6. The molecule has 10 nitrogen and oxygen atoms in total. The third kappa shape index (κ3) is 6.51. The largest absolute Gasteiger partial charge is 0.576 e. The summed E-state index contributed by atoms with van der Waals surface area (Å²) in [6.45, 7) is 4.13. The van der Waals surface area contributed by atoms with Crippen LogP contribution in [0.3, 0.4) is 0 Å². The number of amides is 1. The van der Waals surface area contributed by atoms with Crippen molar-refractivity contribution in [1.29, 1.82) is 0 Å². The average Bonchev–Trinajstić information content (AvgIpc) is 3.73. The van der Waals surface area contributed by atoms with Gasteiger partial charge in [-0.15, -0.1) is 13.2 Å². The van der Waals surface area contributed by atoms with Crippen molar-refractivity contribution in [3.05, 3.63) is 54.5 Å². The summed E-state index contributed by atoms with van der Waals surface area (Å²) in [5.74, 6) is 1.89. The number of fused-ring (bicyclic) bond motifs is 1. The summed E-state index contributed by atoms with van der Waals surface area (Å²) in [5, 5.41) is 7.83. The number of carbonyl (C=O) groups excluding carboxylic acids is 1. The van der Waals surface area contributed by atoms with Gasteiger partial charge in [-0.1, -0.05) is 18.9 Å². The van der Waals surface area contributed by atoms with E-state index in [1.807, 2.05) is 37.4 Å². The van der Waals surface area contributed by atoms with E-state index in [1.54, 1.807) is 6.20 Å². The second-order valence-electron chi connectivity index (χ2n) is 11.0. The highest BCUT2D eigenvalue weighted by Crippen LogP contribution is 2.29. The zero-order chi connectivity index (χ0) is 29.3. The first-order chi connectivity index (χ1) is 20.2. The molecule has 1 atom stereocenters. The van der Waals surface area contributed by atoms with Crippen LogP contribution in [0.1, 0.15) is 44.2 Å². The van der Waals surface area contributed by atoms with E-state index >= 15 is 0 Å². The standard InChI is InChI=1S/C29H33F3N8O2/c1-19(38-10-12-39(13-11-38)28(41)42-29(30,31)32)21-8-9-33-26(15-21)37-27-35-24-7-6-22(14-25(24)36-27)23-16-34-40(18-23)17-20-4-2-3-5-20/h6-9,14-16,18-20H,2-5,10-13,17H2,1H3,(H2,33,35,36,37). The predicted molar refractivity (Wildman–Crippen MR) is 151 cm³/mol. The number of nitrogens with one attached hydrogen (secondary N) is 2. The molecular formula is C29H33F3N8O2. The molecule has 1 aliphatic carbocycles. The quantitative estimate of drug-likeness (QED) is 0.272. The lowest BCUT2D eigenvalue weighted by molar-refractivity contribution is -0.295. The fourth-order valence-electron chi connectivity index (χ4n) is 5.88. The first-order valence-corrected chi connectivity index (χ1v) is 14.2. The number of imidazole rings is 1. The molecule has 0 radical (unpaired) electrons. The van der Waals surface area contributed by atoms with Gasteiger partial charge in [-0.3, -0.25) is 9.58 Å². The zero-order valence-electron chi connectivity index (χ0n) is 23.3. The van der Waals surface area contributed by atoms with Gasteiger partial charge >= 0.3 is 12.5 Å². The third-order valence-corrected chi connectivity index (χ3v) is 8.20. The van der Waals surface area contributed by atoms with Gasteiger partial charge in [0.05, 0.1) is 17.2 Å². The van der Waals surface area contributed by atoms with Gasteiger partial charge in [0.1, 0.15) is 5.82 Å². The highest BCUT2D eigenvalue weighted by Gasteiger charge is 2.37. The maximum Gasteiger partial charge on any atom is 0.576 e. The van der Waals surface area contributed by atoms with Gasteiger partial charge < -0.3 is 19.9 Å². The van der Waals surface area contributed by atoms with Crippen molar-refractivity contribution in [3.63, 3.8) is 0 Å². The van der Waals surface area contributed by atoms with E-state index in [2.05, 4.69) is 51.9 Å². The lowest BCUT2D eigenvalue weighted by atomic mass is 10.1. The number of benzene rings is 1. The van der Waals surface area contributed by atoms with Crippen LogP contribution in [-0.4, -0.2) is 73.2 Å². The molecule has 6 rings (SSSR count). The number of anilines is 2. The minimum atomic E-state index is -4.98. The molecule has 42 heavy (non-hydrogen) atoms. The Labute approximate surface area is 240 Å². The number of rotatable bonds is 7. The molecule has 1 saturated heterocycles. The number of aromatic nitrogens is 5. The smallest absolute Gasteiger partial charge is 0.356 e. The normalized spacial score (nSPS) is 17.6. The molecule has 1 amide bonds. The summed E-state index contributed by atoms with van der Waals surface area (Å²) >= 11 is 0. The fraction of sp³-hybridized carbons (Fsp3) is 0.448. The number of carbonyl (C=O) groups is 1. The van der Waals surface area contributed by atoms with Crippen LogP contribution in [0.15, 0.2) is 48.9 Å². The molecule has 1 saturated carbocycles. The number of aromatic amines is 1. The molecule has 1 aliphatic heterocycles. The summed E-state index contributed by atoms with van der Waals surface area (Å²) in [6, 6.07) is 9.89. The molecule has 2 aliphatic rings. The Morgan fingerprint density at radius 2 is 1.90 bits per heavy atom. The topological polar surface area (TPSA) is 104 Å². The Balaban J connectivity index is 1.08. The van der Waals surface area contributed by atoms with Crippen molar-refractivity contribution in [2.24, 2.45) is 5.92 Å². The van der Waals surface area contributed by atoms with Crippen LogP contribution < -0.4 is 5.32 Å². The van der Waals surface area contributed by atoms with E-state index < -0.39 is 12.5 Å². The van der Waals surface area contributed by atoms with Crippen molar-refractivity contribution in [3.8, 4) is 11.1 Å². The second kappa shape index (κ2) is 11.6. The molecule has 2 N–H and O–H groups in total. The van der Waals surface area contributed by atoms with Gasteiger partial charge in [-0.2, -0.15) is 5.10 Å². The molecular weight excluding hydrogens is 549 g/mol. The van der Waals surface area contributed by atoms with Crippen LogP contribution in [0.5, 0.6) is 0 Å². The van der Waals surface area contributed by atoms with E-state index in [0.717, 1.165) is 45.1 Å². The van der Waals surface area contributed by atoms with Gasteiger partial charge in [0.25, 0.3) is 0 Å². The SMILES string of the molecule is CC(c1ccnc(Nc2nc3ccc(-c4cnn(CC5CCCC5)c4)cc3[nH]2)c1)N1CCN(C(=O)OC(F)(F)F)CC1. The number of alkyl halides is 3. The lowest BCUT2D eigenvalue weighted by Crippen LogP contribution is -2.50. The van der Waals surface area contributed by atoms with Gasteiger partial charge in [0, 0.05) is 56.7 Å². The fourth-order valence-corrected chi connectivity index (χ4v) is 5.88. The minimum Gasteiger partial charge on any atom is -0.356 e. The number of hydrogen-bond acceptors (Lipinski definition) is 7. The molecule has 0 spiro atoms. The van der Waals surface area contributed by atoms with Crippen LogP contribution >= 0.6 is 0 Å². The van der Waals surface area contributed by atoms with Crippen molar-refractivity contribution in [1.82, 2.24) is 34.5 Å². The lowest BCUT2D eigenvalue weighted by Gasteiger charge is -2.37. The maximum absolute atomic E-state index is 12.4. The Kier molecular flexibility index (Phi) is 7.76. The van der Waals surface area contributed by atoms with Crippen LogP contribution in [-0.2, 0) is 11.3 Å². The number of ether oxygens (including phenoxy) is 1. The summed E-state index contributed by atoms with van der Waals surface area (Å²) in [6.07, 6.45) is 4.58. The van der Waals surface area contributed by atoms with Gasteiger partial charge in [-0.05, 0) is 61.1 Å². The maximum atomic E-state index is 12.4. The Morgan fingerprint density at radius 3 is 2.67 bits per heavy atom. The number of H-pyrrole nitrogens is 1. The molecule has 4 aromatic rings. The second-order valence-corrected chi connectivity index (χ2v) is 11.0. The number of hydrogen-bond donors (Lipinski definition) is 2. The van der Waals surface area contributed by atoms with E-state index in [1.165, 1.54) is 25.7 Å². The molecule has 4 heterocycles. The van der Waals surface area contributed by atoms with E-state index in [-0.39, 0.29) is 19.1 Å². The van der Waals surface area contributed by atoms with Crippen molar-refractivity contribution < 1.29 is 22.7 Å². The minimum absolute atomic E-state index is 0.0397. The van der Waals surface area contributed by atoms with Crippen molar-refractivity contribution in [2.45, 2.75) is 51.6 Å². The average molecular weight is 583 g/mol. The van der Waals surface area contributed by atoms with Crippen LogP contribution in [0.25, 0.3) is 22.2 Å². The van der Waals surface area contributed by atoms with Gasteiger partial charge in [0.15, 0.2) is 0 Å². The number of piperazine rings is 1. The van der Waals surface area contributed by atoms with Gasteiger partial charge in [0.2, 0.25) is 5.95 Å². The van der Waals surface area contributed by atoms with Crippen molar-refractivity contribution in [2.75, 3.05) is 31.5 Å². The molecule has 222 valence electrons. The first-order valence-electron chi connectivity index (χ1n) is 14.2. The van der Waals surface area contributed by atoms with Crippen LogP contribution in [0, 0.1) is 5.92 Å². The Bertz CT molecular complexity index is 1540. The van der Waals surface area contributed by atoms with Crippen LogP contribution in [0.2, 0.25) is 0 Å². The van der Waals surface area contributed by atoms with E-state index in [4.69, 9.17) is 0 Å². The molecule has 1 aromatic carbocycles. The zero-order valence-corrected chi connectivity index (χ0v) is 23.3. The predicted octanol–water partition coefficient (Wildman–Crippen LogP) is 6.09. The Morgan fingerprint density at radius 1 is 1.12 bits per heavy atom. The summed E-state index contributed by atoms with van der Waals surface area (Å²) in [7, 11) is 0. The number of halogens is 3. The summed E-state index contributed by atoms with van der Waals surface area (Å²) < 4.78 is 42.8. The van der Waals surface area contributed by atoms with E-state index in [0.29, 0.717) is 24.9 Å². The molecule has 3 aromatic heterocycles. The highest BCUT2D eigenvalue weighted by atomic mass is 19.4. The third-order valence-electron chi connectivity index (χ3n) is 8.20.